The molecule has 1 aromatic rings. The third kappa shape index (κ3) is 4.13. The third-order valence-electron chi connectivity index (χ3n) is 3.69. The largest absolute Gasteiger partial charge is 0.384 e. The standard InChI is InChI=1S/C16H26N2O/c1-14(13-19-2)12-17-15-8-4-5-9-16(15)18-10-6-3-7-11-18/h4-5,8-9,14,17H,3,6-7,10-13H2,1-2H3. The highest BCUT2D eigenvalue weighted by atomic mass is 16.5. The van der Waals surface area contributed by atoms with E-state index in [0.717, 1.165) is 13.2 Å². The lowest BCUT2D eigenvalue weighted by molar-refractivity contribution is 0.164. The summed E-state index contributed by atoms with van der Waals surface area (Å²) in [6, 6.07) is 8.66. The van der Waals surface area contributed by atoms with Crippen LogP contribution in [0.2, 0.25) is 0 Å². The Hall–Kier alpha value is -1.22. The fraction of sp³-hybridized carbons (Fsp3) is 0.625. The Labute approximate surface area is 116 Å². The maximum absolute atomic E-state index is 5.19. The van der Waals surface area contributed by atoms with Crippen molar-refractivity contribution in [1.82, 2.24) is 0 Å². The van der Waals surface area contributed by atoms with Gasteiger partial charge in [0.25, 0.3) is 0 Å². The van der Waals surface area contributed by atoms with Crippen LogP contribution in [0, 0.1) is 5.92 Å². The molecule has 1 saturated heterocycles. The summed E-state index contributed by atoms with van der Waals surface area (Å²) in [4.78, 5) is 2.51. The van der Waals surface area contributed by atoms with E-state index in [-0.39, 0.29) is 0 Å². The van der Waals surface area contributed by atoms with Crippen LogP contribution in [-0.4, -0.2) is 33.4 Å². The maximum Gasteiger partial charge on any atom is 0.0602 e. The molecule has 1 heterocycles. The number of benzene rings is 1. The molecule has 1 aliphatic rings. The summed E-state index contributed by atoms with van der Waals surface area (Å²) < 4.78 is 5.19. The van der Waals surface area contributed by atoms with Gasteiger partial charge in [-0.1, -0.05) is 19.1 Å². The fourth-order valence-electron chi connectivity index (χ4n) is 2.66. The molecule has 0 bridgehead atoms. The number of para-hydroxylation sites is 2. The number of hydrogen-bond donors (Lipinski definition) is 1. The van der Waals surface area contributed by atoms with Crippen LogP contribution < -0.4 is 10.2 Å². The average Bonchev–Trinajstić information content (AvgIpc) is 2.47. The summed E-state index contributed by atoms with van der Waals surface area (Å²) in [6.07, 6.45) is 4.00. The van der Waals surface area contributed by atoms with E-state index >= 15 is 0 Å². The van der Waals surface area contributed by atoms with Crippen LogP contribution in [0.25, 0.3) is 0 Å². The Bertz CT molecular complexity index is 375. The van der Waals surface area contributed by atoms with Crippen LogP contribution in [0.5, 0.6) is 0 Å². The molecule has 1 aliphatic heterocycles. The Morgan fingerprint density at radius 2 is 1.95 bits per heavy atom. The summed E-state index contributed by atoms with van der Waals surface area (Å²) in [6.45, 7) is 6.34. The molecule has 2 rings (SSSR count). The SMILES string of the molecule is COCC(C)CNc1ccccc1N1CCCCC1. The van der Waals surface area contributed by atoms with E-state index in [4.69, 9.17) is 4.74 Å². The first-order valence-corrected chi connectivity index (χ1v) is 7.38. The van der Waals surface area contributed by atoms with Crippen LogP contribution in [0.15, 0.2) is 24.3 Å². The van der Waals surface area contributed by atoms with Crippen molar-refractivity contribution in [2.75, 3.05) is 43.6 Å². The second kappa shape index (κ2) is 7.39. The van der Waals surface area contributed by atoms with Gasteiger partial charge in [0.05, 0.1) is 18.0 Å². The lowest BCUT2D eigenvalue weighted by atomic mass is 10.1. The van der Waals surface area contributed by atoms with Gasteiger partial charge in [0.15, 0.2) is 0 Å². The van der Waals surface area contributed by atoms with Gasteiger partial charge in [-0.05, 0) is 37.3 Å². The number of anilines is 2. The molecule has 1 atom stereocenters. The number of methoxy groups -OCH3 is 1. The molecule has 1 unspecified atom stereocenters. The van der Waals surface area contributed by atoms with Gasteiger partial charge in [-0.3, -0.25) is 0 Å². The molecule has 0 saturated carbocycles. The number of piperidine rings is 1. The Kier molecular flexibility index (Phi) is 5.52. The molecule has 0 aromatic heterocycles. The molecule has 0 spiro atoms. The van der Waals surface area contributed by atoms with Gasteiger partial charge in [-0.2, -0.15) is 0 Å². The van der Waals surface area contributed by atoms with Crippen molar-refractivity contribution < 1.29 is 4.74 Å². The van der Waals surface area contributed by atoms with Gasteiger partial charge in [0.1, 0.15) is 0 Å². The van der Waals surface area contributed by atoms with Gasteiger partial charge < -0.3 is 15.0 Å². The number of ether oxygens (including phenoxy) is 1. The van der Waals surface area contributed by atoms with Crippen molar-refractivity contribution in [2.45, 2.75) is 26.2 Å². The van der Waals surface area contributed by atoms with E-state index in [9.17, 15) is 0 Å². The molecule has 106 valence electrons. The number of rotatable bonds is 6. The first-order valence-electron chi connectivity index (χ1n) is 7.38. The Balaban J connectivity index is 1.99. The van der Waals surface area contributed by atoms with Crippen LogP contribution in [0.1, 0.15) is 26.2 Å². The van der Waals surface area contributed by atoms with E-state index < -0.39 is 0 Å². The quantitative estimate of drug-likeness (QED) is 0.850. The summed E-state index contributed by atoms with van der Waals surface area (Å²) in [5.74, 6) is 0.527. The van der Waals surface area contributed by atoms with Crippen molar-refractivity contribution in [3.63, 3.8) is 0 Å². The normalized spacial score (nSPS) is 17.3. The molecular weight excluding hydrogens is 236 g/mol. The van der Waals surface area contributed by atoms with Crippen LogP contribution in [0.4, 0.5) is 11.4 Å². The summed E-state index contributed by atoms with van der Waals surface area (Å²) >= 11 is 0. The first kappa shape index (κ1) is 14.2. The molecule has 19 heavy (non-hydrogen) atoms. The van der Waals surface area contributed by atoms with Gasteiger partial charge in [-0.25, -0.2) is 0 Å². The van der Waals surface area contributed by atoms with E-state index in [0.29, 0.717) is 5.92 Å². The van der Waals surface area contributed by atoms with Crippen molar-refractivity contribution >= 4 is 11.4 Å². The highest BCUT2D eigenvalue weighted by Gasteiger charge is 2.14. The minimum Gasteiger partial charge on any atom is -0.384 e. The smallest absolute Gasteiger partial charge is 0.0602 e. The topological polar surface area (TPSA) is 24.5 Å². The third-order valence-corrected chi connectivity index (χ3v) is 3.69. The molecule has 0 radical (unpaired) electrons. The van der Waals surface area contributed by atoms with Gasteiger partial charge in [0, 0.05) is 26.7 Å². The Morgan fingerprint density at radius 1 is 1.21 bits per heavy atom. The zero-order valence-electron chi connectivity index (χ0n) is 12.2. The van der Waals surface area contributed by atoms with Gasteiger partial charge in [0.2, 0.25) is 0 Å². The molecule has 0 amide bonds. The van der Waals surface area contributed by atoms with E-state index in [2.05, 4.69) is 41.4 Å². The molecule has 1 fully saturated rings. The predicted octanol–water partition coefficient (Wildman–Crippen LogP) is 3.37. The van der Waals surface area contributed by atoms with Gasteiger partial charge in [-0.15, -0.1) is 0 Å². The second-order valence-corrected chi connectivity index (χ2v) is 5.51. The highest BCUT2D eigenvalue weighted by molar-refractivity contribution is 5.70. The van der Waals surface area contributed by atoms with Crippen LogP contribution in [-0.2, 0) is 4.74 Å². The van der Waals surface area contributed by atoms with E-state index in [1.54, 1.807) is 7.11 Å². The van der Waals surface area contributed by atoms with Crippen LogP contribution in [0.3, 0.4) is 0 Å². The molecule has 3 nitrogen and oxygen atoms in total. The minimum absolute atomic E-state index is 0.527. The summed E-state index contributed by atoms with van der Waals surface area (Å²) in [5, 5.41) is 3.57. The molecule has 1 N–H and O–H groups in total. The predicted molar refractivity (Wildman–Crippen MR) is 82.0 cm³/mol. The fourth-order valence-corrected chi connectivity index (χ4v) is 2.66. The van der Waals surface area contributed by atoms with E-state index in [1.807, 2.05) is 0 Å². The van der Waals surface area contributed by atoms with E-state index in [1.165, 1.54) is 43.7 Å². The number of nitrogens with zero attached hydrogens (tertiary/aromatic N) is 1. The first-order chi connectivity index (χ1) is 9.31. The van der Waals surface area contributed by atoms with Crippen molar-refractivity contribution in [3.8, 4) is 0 Å². The van der Waals surface area contributed by atoms with Crippen molar-refractivity contribution in [2.24, 2.45) is 5.92 Å². The number of hydrogen-bond acceptors (Lipinski definition) is 3. The summed E-state index contributed by atoms with van der Waals surface area (Å²) in [5.41, 5.74) is 2.61. The lowest BCUT2D eigenvalue weighted by Gasteiger charge is -2.31. The average molecular weight is 262 g/mol. The lowest BCUT2D eigenvalue weighted by Crippen LogP contribution is -2.30. The van der Waals surface area contributed by atoms with Gasteiger partial charge >= 0.3 is 0 Å². The zero-order valence-corrected chi connectivity index (χ0v) is 12.2. The Morgan fingerprint density at radius 3 is 2.68 bits per heavy atom. The van der Waals surface area contributed by atoms with Crippen molar-refractivity contribution in [3.05, 3.63) is 24.3 Å². The molecular formula is C16H26N2O. The second-order valence-electron chi connectivity index (χ2n) is 5.51. The zero-order chi connectivity index (χ0) is 13.5. The van der Waals surface area contributed by atoms with Crippen molar-refractivity contribution in [1.29, 1.82) is 0 Å². The number of nitrogens with one attached hydrogen (secondary N) is 1. The van der Waals surface area contributed by atoms with Crippen LogP contribution >= 0.6 is 0 Å². The molecule has 0 aliphatic carbocycles. The maximum atomic E-state index is 5.19. The highest BCUT2D eigenvalue weighted by Crippen LogP contribution is 2.28. The monoisotopic (exact) mass is 262 g/mol. The molecule has 3 heteroatoms. The summed E-state index contributed by atoms with van der Waals surface area (Å²) in [7, 11) is 1.76. The minimum atomic E-state index is 0.527. The molecule has 1 aromatic carbocycles.